The van der Waals surface area contributed by atoms with Crippen molar-refractivity contribution in [2.45, 2.75) is 104 Å². The molecule has 8 unspecified atom stereocenters. The highest BCUT2D eigenvalue weighted by Gasteiger charge is 2.21. The van der Waals surface area contributed by atoms with Gasteiger partial charge in [-0.15, -0.1) is 0 Å². The monoisotopic (exact) mass is 909 g/mol. The van der Waals surface area contributed by atoms with Gasteiger partial charge in [0, 0.05) is 52.4 Å². The highest BCUT2D eigenvalue weighted by molar-refractivity contribution is 4.72. The van der Waals surface area contributed by atoms with Gasteiger partial charge in [0.05, 0.1) is 168 Å². The van der Waals surface area contributed by atoms with Gasteiger partial charge < -0.3 is 78.7 Å². The highest BCUT2D eigenvalue weighted by atomic mass is 16.5. The van der Waals surface area contributed by atoms with Gasteiger partial charge in [0.25, 0.3) is 0 Å². The zero-order chi connectivity index (χ0) is 47.0. The highest BCUT2D eigenvalue weighted by Crippen LogP contribution is 2.08. The molecule has 0 aliphatic rings. The van der Waals surface area contributed by atoms with Gasteiger partial charge in [0.2, 0.25) is 0 Å². The second-order valence-electron chi connectivity index (χ2n) is 15.9. The third kappa shape index (κ3) is 44.4. The zero-order valence-corrected chi connectivity index (χ0v) is 39.6. The maximum atomic E-state index is 9.35. The summed E-state index contributed by atoms with van der Waals surface area (Å²) >= 11 is 0. The van der Waals surface area contributed by atoms with Gasteiger partial charge in [-0.05, 0) is 55.4 Å². The summed E-state index contributed by atoms with van der Waals surface area (Å²) in [5.74, 6) is 0. The van der Waals surface area contributed by atoms with Gasteiger partial charge in [0.15, 0.2) is 0 Å². The lowest BCUT2D eigenvalue weighted by Crippen LogP contribution is -2.49. The molecule has 62 heavy (non-hydrogen) atoms. The summed E-state index contributed by atoms with van der Waals surface area (Å²) in [6, 6.07) is 0. The van der Waals surface area contributed by atoms with Crippen LogP contribution in [0.3, 0.4) is 0 Å². The minimum Gasteiger partial charge on any atom is -0.394 e. The van der Waals surface area contributed by atoms with Crippen LogP contribution < -0.4 is 0 Å². The second kappa shape index (κ2) is 44.1. The van der Waals surface area contributed by atoms with Crippen LogP contribution in [0.15, 0.2) is 0 Å². The third-order valence-electron chi connectivity index (χ3n) is 8.48. The summed E-state index contributed by atoms with van der Waals surface area (Å²) in [6.45, 7) is 25.1. The molecule has 376 valence electrons. The van der Waals surface area contributed by atoms with E-state index in [1.54, 1.807) is 27.7 Å². The topological polar surface area (TPSA) is 249 Å². The molecule has 0 rings (SSSR count). The van der Waals surface area contributed by atoms with Crippen molar-refractivity contribution < 1.29 is 78.7 Å². The predicted molar refractivity (Wildman–Crippen MR) is 236 cm³/mol. The van der Waals surface area contributed by atoms with Crippen LogP contribution in [0.2, 0.25) is 0 Å². The van der Waals surface area contributed by atoms with Gasteiger partial charge in [-0.3, -0.25) is 19.6 Å². The second-order valence-corrected chi connectivity index (χ2v) is 15.9. The summed E-state index contributed by atoms with van der Waals surface area (Å²) in [6.07, 6.45) is -2.33. The Bertz CT molecular complexity index is 789. The molecule has 0 aromatic rings. The summed E-state index contributed by atoms with van der Waals surface area (Å²) in [5.41, 5.74) is 0. The number of nitrogens with zero attached hydrogens (tertiary/aromatic N) is 4. The molecular weight excluding hydrogens is 816 g/mol. The van der Waals surface area contributed by atoms with Crippen LogP contribution in [0.1, 0.15) is 55.4 Å². The van der Waals surface area contributed by atoms with Crippen LogP contribution in [0.4, 0.5) is 0 Å². The van der Waals surface area contributed by atoms with E-state index in [0.717, 1.165) is 0 Å². The first-order valence-electron chi connectivity index (χ1n) is 22.4. The number of hydrogen-bond donors (Lipinski definition) is 8. The lowest BCUT2D eigenvalue weighted by molar-refractivity contribution is -0.0470. The van der Waals surface area contributed by atoms with E-state index in [1.807, 2.05) is 27.7 Å². The fourth-order valence-electron chi connectivity index (χ4n) is 5.92. The number of aliphatic hydroxyl groups excluding tert-OH is 8. The molecule has 20 nitrogen and oxygen atoms in total. The van der Waals surface area contributed by atoms with Crippen molar-refractivity contribution in [3.63, 3.8) is 0 Å². The standard InChI is InChI=1S/2C21H46N2O8/c1-18(28-9-5-24)13-22(14-19(2)29-10-6-25)17-23(15-20(3)30-11-7-26)16-21(4)31-12-8-27;1-18(24)13-28-9-5-22(6-10-29-14-19(2)25)17-23(7-11-30-15-20(3)26)8-12-31-16-21(4)27/h2*18-21,24-27H,5-17H2,1-4H3. The molecule has 0 aromatic carbocycles. The van der Waals surface area contributed by atoms with Crippen LogP contribution in [-0.4, -0.2) is 281 Å². The Kier molecular flexibility index (Phi) is 45.0. The Morgan fingerprint density at radius 2 is 0.532 bits per heavy atom. The quantitative estimate of drug-likeness (QED) is 0.0250. The Morgan fingerprint density at radius 3 is 0.726 bits per heavy atom. The molecular formula is C42H92N4O16. The van der Waals surface area contributed by atoms with Gasteiger partial charge in [-0.25, -0.2) is 0 Å². The number of aliphatic hydroxyl groups is 8. The normalized spacial score (nSPS) is 16.1. The van der Waals surface area contributed by atoms with Crippen LogP contribution in [0.25, 0.3) is 0 Å². The van der Waals surface area contributed by atoms with E-state index >= 15 is 0 Å². The summed E-state index contributed by atoms with van der Waals surface area (Å²) in [5, 5.41) is 73.5. The molecule has 0 saturated carbocycles. The smallest absolute Gasteiger partial charge is 0.0745 e. The van der Waals surface area contributed by atoms with E-state index in [-0.39, 0.29) is 104 Å². The van der Waals surface area contributed by atoms with E-state index in [9.17, 15) is 20.4 Å². The molecule has 0 aliphatic heterocycles. The average Bonchev–Trinajstić information content (AvgIpc) is 3.20. The summed E-state index contributed by atoms with van der Waals surface area (Å²) in [4.78, 5) is 8.77. The first-order chi connectivity index (χ1) is 29.6. The first kappa shape index (κ1) is 63.3. The van der Waals surface area contributed by atoms with Crippen molar-refractivity contribution in [3.8, 4) is 0 Å². The molecule has 0 bridgehead atoms. The van der Waals surface area contributed by atoms with E-state index in [1.165, 1.54) is 0 Å². The molecule has 0 spiro atoms. The number of rotatable bonds is 44. The molecule has 0 amide bonds. The van der Waals surface area contributed by atoms with Crippen LogP contribution in [-0.2, 0) is 37.9 Å². The number of hydrogen-bond acceptors (Lipinski definition) is 20. The van der Waals surface area contributed by atoms with E-state index in [4.69, 9.17) is 58.3 Å². The lowest BCUT2D eigenvalue weighted by atomic mass is 10.2. The van der Waals surface area contributed by atoms with Crippen molar-refractivity contribution in [1.29, 1.82) is 0 Å². The van der Waals surface area contributed by atoms with Crippen LogP contribution in [0.5, 0.6) is 0 Å². The fraction of sp³-hybridized carbons (Fsp3) is 1.00. The molecule has 8 N–H and O–H groups in total. The number of ether oxygens (including phenoxy) is 8. The predicted octanol–water partition coefficient (Wildman–Crippen LogP) is -1.72. The van der Waals surface area contributed by atoms with Crippen LogP contribution >= 0.6 is 0 Å². The van der Waals surface area contributed by atoms with E-state index < -0.39 is 24.4 Å². The fourth-order valence-corrected chi connectivity index (χ4v) is 5.92. The van der Waals surface area contributed by atoms with Crippen molar-refractivity contribution in [2.75, 3.05) is 171 Å². The maximum absolute atomic E-state index is 9.35. The third-order valence-corrected chi connectivity index (χ3v) is 8.48. The van der Waals surface area contributed by atoms with Gasteiger partial charge in [-0.2, -0.15) is 0 Å². The van der Waals surface area contributed by atoms with Gasteiger partial charge >= 0.3 is 0 Å². The maximum Gasteiger partial charge on any atom is 0.0745 e. The molecule has 0 fully saturated rings. The minimum atomic E-state index is -0.503. The summed E-state index contributed by atoms with van der Waals surface area (Å²) < 4.78 is 44.6. The Morgan fingerprint density at radius 1 is 0.323 bits per heavy atom. The zero-order valence-electron chi connectivity index (χ0n) is 39.6. The molecule has 0 heterocycles. The van der Waals surface area contributed by atoms with Crippen molar-refractivity contribution >= 4 is 0 Å². The van der Waals surface area contributed by atoms with E-state index in [0.29, 0.717) is 92.1 Å². The lowest BCUT2D eigenvalue weighted by Gasteiger charge is -2.35. The van der Waals surface area contributed by atoms with Gasteiger partial charge in [-0.1, -0.05) is 0 Å². The SMILES string of the molecule is CC(CN(CC(C)OCCO)CN(CC(C)OCCO)CC(C)OCCO)OCCO.CC(O)COCCN(CCOCC(C)O)CN(CCOCC(C)O)CCOCC(C)O. The Balaban J connectivity index is 0. The Hall–Kier alpha value is -0.800. The largest absolute Gasteiger partial charge is 0.394 e. The first-order valence-corrected chi connectivity index (χ1v) is 22.4. The van der Waals surface area contributed by atoms with Gasteiger partial charge in [0.1, 0.15) is 0 Å². The molecule has 0 saturated heterocycles. The van der Waals surface area contributed by atoms with Crippen molar-refractivity contribution in [2.24, 2.45) is 0 Å². The van der Waals surface area contributed by atoms with Crippen molar-refractivity contribution in [1.82, 2.24) is 19.6 Å². The van der Waals surface area contributed by atoms with Crippen molar-refractivity contribution in [3.05, 3.63) is 0 Å². The average molecular weight is 909 g/mol. The molecule has 20 heteroatoms. The summed E-state index contributed by atoms with van der Waals surface area (Å²) in [7, 11) is 0. The molecule has 0 aliphatic carbocycles. The van der Waals surface area contributed by atoms with Crippen LogP contribution in [0, 0.1) is 0 Å². The van der Waals surface area contributed by atoms with E-state index in [2.05, 4.69) is 19.6 Å². The minimum absolute atomic E-state index is 0.0219. The molecule has 0 aromatic heterocycles. The molecule has 8 atom stereocenters. The Labute approximate surface area is 373 Å². The molecule has 0 radical (unpaired) electrons.